The average molecular weight is 520 g/mol. The summed E-state index contributed by atoms with van der Waals surface area (Å²) in [5.41, 5.74) is 0.623. The second kappa shape index (κ2) is 14.4. The molecule has 0 aromatic heterocycles. The number of carbonyl (C=O) groups excluding carboxylic acids is 1. The van der Waals surface area contributed by atoms with E-state index in [2.05, 4.69) is 18.7 Å². The number of rotatable bonds is 16. The molecule has 0 bridgehead atoms. The van der Waals surface area contributed by atoms with Gasteiger partial charge < -0.3 is 19.1 Å². The summed E-state index contributed by atoms with van der Waals surface area (Å²) in [4.78, 5) is 16.0. The largest absolute Gasteiger partial charge is 0.497 e. The van der Waals surface area contributed by atoms with E-state index in [0.717, 1.165) is 13.1 Å². The van der Waals surface area contributed by atoms with Crippen molar-refractivity contribution in [1.82, 2.24) is 4.90 Å². The van der Waals surface area contributed by atoms with Crippen LogP contribution in [-0.2, 0) is 24.1 Å². The van der Waals surface area contributed by atoms with E-state index in [-0.39, 0.29) is 24.5 Å². The van der Waals surface area contributed by atoms with Gasteiger partial charge in [-0.2, -0.15) is 0 Å². The molecule has 36 heavy (non-hydrogen) atoms. The van der Waals surface area contributed by atoms with E-state index in [1.165, 1.54) is 19.2 Å². The van der Waals surface area contributed by atoms with Gasteiger partial charge in [-0.3, -0.25) is 4.79 Å². The third-order valence-corrected chi connectivity index (χ3v) is 8.92. The van der Waals surface area contributed by atoms with Crippen molar-refractivity contribution >= 4 is 15.8 Å². The molecule has 0 fully saturated rings. The summed E-state index contributed by atoms with van der Waals surface area (Å²) in [7, 11) is -2.74. The van der Waals surface area contributed by atoms with Crippen molar-refractivity contribution < 1.29 is 27.4 Å². The van der Waals surface area contributed by atoms with Crippen LogP contribution in [0.25, 0.3) is 0 Å². The predicted octanol–water partition coefficient (Wildman–Crippen LogP) is 5.06. The van der Waals surface area contributed by atoms with Gasteiger partial charge in [-0.25, -0.2) is 8.42 Å². The Morgan fingerprint density at radius 1 is 0.972 bits per heavy atom. The van der Waals surface area contributed by atoms with Gasteiger partial charge in [-0.05, 0) is 56.3 Å². The number of likely N-dealkylation sites (N-methyl/N-ethyl adjacent to an activating group) is 1. The third kappa shape index (κ3) is 6.66. The Hall–Kier alpha value is -2.42. The molecule has 0 aliphatic heterocycles. The van der Waals surface area contributed by atoms with Crippen LogP contribution >= 0.6 is 0 Å². The van der Waals surface area contributed by atoms with Crippen molar-refractivity contribution in [1.29, 1.82) is 0 Å². The monoisotopic (exact) mass is 519 g/mol. The van der Waals surface area contributed by atoms with Gasteiger partial charge in [0.05, 0.1) is 25.2 Å². The molecular weight excluding hydrogens is 478 g/mol. The smallest absolute Gasteiger partial charge is 0.330 e. The highest BCUT2D eigenvalue weighted by Crippen LogP contribution is 2.44. The fraction of sp³-hybridized carbons (Fsp3) is 0.536. The van der Waals surface area contributed by atoms with Gasteiger partial charge in [0.25, 0.3) is 0 Å². The van der Waals surface area contributed by atoms with Crippen molar-refractivity contribution in [2.45, 2.75) is 62.7 Å². The molecule has 2 atom stereocenters. The number of ether oxygens (including phenoxy) is 3. The number of sulfone groups is 1. The molecule has 0 N–H and O–H groups in total. The first-order valence-electron chi connectivity index (χ1n) is 12.8. The maximum atomic E-state index is 14.5. The number of carbonyl (C=O) groups is 1. The first-order valence-corrected chi connectivity index (χ1v) is 14.2. The quantitative estimate of drug-likeness (QED) is 0.287. The van der Waals surface area contributed by atoms with Crippen LogP contribution in [0.15, 0.2) is 59.5 Å². The molecule has 2 aromatic rings. The Balaban J connectivity index is 2.74. The Kier molecular flexibility index (Phi) is 11.9. The van der Waals surface area contributed by atoms with Gasteiger partial charge in [0.1, 0.15) is 11.9 Å². The van der Waals surface area contributed by atoms with Gasteiger partial charge in [0.2, 0.25) is 4.75 Å². The lowest BCUT2D eigenvalue weighted by molar-refractivity contribution is -0.152. The molecule has 0 aliphatic rings. The summed E-state index contributed by atoms with van der Waals surface area (Å²) in [6.07, 6.45) is 0.241. The molecule has 0 spiro atoms. The zero-order valence-corrected chi connectivity index (χ0v) is 23.1. The van der Waals surface area contributed by atoms with Crippen molar-refractivity contribution in [2.24, 2.45) is 0 Å². The van der Waals surface area contributed by atoms with E-state index in [0.29, 0.717) is 30.7 Å². The van der Waals surface area contributed by atoms with Crippen LogP contribution in [0.4, 0.5) is 0 Å². The van der Waals surface area contributed by atoms with Crippen LogP contribution in [0.1, 0.15) is 58.6 Å². The number of methoxy groups -OCH3 is 1. The van der Waals surface area contributed by atoms with Crippen LogP contribution in [0.2, 0.25) is 0 Å². The fourth-order valence-electron chi connectivity index (χ4n) is 4.35. The summed E-state index contributed by atoms with van der Waals surface area (Å²) in [5.74, 6) is -0.259. The van der Waals surface area contributed by atoms with Crippen molar-refractivity contribution in [3.8, 4) is 5.75 Å². The lowest BCUT2D eigenvalue weighted by Gasteiger charge is -2.38. The molecule has 0 heterocycles. The topological polar surface area (TPSA) is 82.1 Å². The van der Waals surface area contributed by atoms with E-state index in [1.807, 2.05) is 37.3 Å². The molecule has 0 saturated heterocycles. The zero-order valence-electron chi connectivity index (χ0n) is 22.2. The van der Waals surface area contributed by atoms with E-state index >= 15 is 0 Å². The summed E-state index contributed by atoms with van der Waals surface area (Å²) in [6.45, 7) is 10.4. The van der Waals surface area contributed by atoms with Crippen molar-refractivity contribution in [2.75, 3.05) is 40.0 Å². The first-order chi connectivity index (χ1) is 17.3. The third-order valence-electron chi connectivity index (χ3n) is 6.48. The van der Waals surface area contributed by atoms with Crippen molar-refractivity contribution in [3.63, 3.8) is 0 Å². The normalized spacial score (nSPS) is 14.3. The van der Waals surface area contributed by atoms with E-state index in [1.54, 1.807) is 19.1 Å². The second-order valence-corrected chi connectivity index (χ2v) is 10.8. The zero-order chi connectivity index (χ0) is 26.6. The van der Waals surface area contributed by atoms with E-state index in [9.17, 15) is 13.2 Å². The summed E-state index contributed by atoms with van der Waals surface area (Å²) >= 11 is 0. The maximum absolute atomic E-state index is 14.5. The highest BCUT2D eigenvalue weighted by atomic mass is 32.2. The number of hydrogen-bond donors (Lipinski definition) is 0. The van der Waals surface area contributed by atoms with Gasteiger partial charge in [-0.1, -0.05) is 63.9 Å². The minimum atomic E-state index is -4.26. The molecule has 2 unspecified atom stereocenters. The standard InChI is InChI=1S/C28H41NO6S/c1-6-10-20-28(27(30)34-9-4,36(31,32)25-18-16-24(33-5)17-19-25)26(23-14-12-11-13-15-23)35-22-21-29(7-2)8-3/h11-19,26H,6-10,20-22H2,1-5H3. The average Bonchev–Trinajstić information content (AvgIpc) is 2.90. The van der Waals surface area contributed by atoms with E-state index in [4.69, 9.17) is 14.2 Å². The summed E-state index contributed by atoms with van der Waals surface area (Å²) in [5, 5.41) is 0. The highest BCUT2D eigenvalue weighted by molar-refractivity contribution is 7.93. The minimum Gasteiger partial charge on any atom is -0.497 e. The Morgan fingerprint density at radius 3 is 2.14 bits per heavy atom. The predicted molar refractivity (Wildman–Crippen MR) is 142 cm³/mol. The van der Waals surface area contributed by atoms with Crippen LogP contribution in [-0.4, -0.2) is 64.0 Å². The molecule has 200 valence electrons. The molecule has 0 saturated carbocycles. The second-order valence-electron chi connectivity index (χ2n) is 8.58. The number of benzene rings is 2. The number of hydrogen-bond acceptors (Lipinski definition) is 7. The molecule has 0 radical (unpaired) electrons. The SMILES string of the molecule is CCCCC(C(=O)OCC)(C(OCCN(CC)CC)c1ccccc1)S(=O)(=O)c1ccc(OC)cc1. The van der Waals surface area contributed by atoms with Crippen LogP contribution < -0.4 is 4.74 Å². The van der Waals surface area contributed by atoms with Crippen LogP contribution in [0.5, 0.6) is 5.75 Å². The number of esters is 1. The van der Waals surface area contributed by atoms with Gasteiger partial charge in [0.15, 0.2) is 9.84 Å². The van der Waals surface area contributed by atoms with E-state index < -0.39 is 26.7 Å². The fourth-order valence-corrected chi connectivity index (χ4v) is 6.44. The Morgan fingerprint density at radius 2 is 1.61 bits per heavy atom. The molecule has 0 aliphatic carbocycles. The van der Waals surface area contributed by atoms with Gasteiger partial charge in [0, 0.05) is 6.54 Å². The molecule has 0 amide bonds. The maximum Gasteiger partial charge on any atom is 0.330 e. The van der Waals surface area contributed by atoms with Crippen LogP contribution in [0.3, 0.4) is 0 Å². The molecule has 7 nitrogen and oxygen atoms in total. The summed E-state index contributed by atoms with van der Waals surface area (Å²) < 4.78 is 44.1. The van der Waals surface area contributed by atoms with Gasteiger partial charge >= 0.3 is 5.97 Å². The van der Waals surface area contributed by atoms with Gasteiger partial charge in [-0.15, -0.1) is 0 Å². The molecule has 2 rings (SSSR count). The van der Waals surface area contributed by atoms with Crippen LogP contribution in [0, 0.1) is 0 Å². The minimum absolute atomic E-state index is 0.0285. The first kappa shape index (κ1) is 29.8. The van der Waals surface area contributed by atoms with Crippen molar-refractivity contribution in [3.05, 3.63) is 60.2 Å². The molecular formula is C28H41NO6S. The number of nitrogens with zero attached hydrogens (tertiary/aromatic N) is 1. The lowest BCUT2D eigenvalue weighted by Crippen LogP contribution is -2.53. The number of unbranched alkanes of at least 4 members (excludes halogenated alkanes) is 1. The molecule has 2 aromatic carbocycles. The molecule has 8 heteroatoms. The lowest BCUT2D eigenvalue weighted by atomic mass is 9.89. The Labute approximate surface area is 216 Å². The Bertz CT molecular complexity index is 1020. The summed E-state index contributed by atoms with van der Waals surface area (Å²) in [6, 6.07) is 15.3. The highest BCUT2D eigenvalue weighted by Gasteiger charge is 2.59.